The van der Waals surface area contributed by atoms with Crippen LogP contribution in [0.15, 0.2) is 78.9 Å². The molecule has 0 aliphatic heterocycles. The Morgan fingerprint density at radius 1 is 0.966 bits per heavy atom. The lowest BCUT2D eigenvalue weighted by Crippen LogP contribution is -2.13. The summed E-state index contributed by atoms with van der Waals surface area (Å²) < 4.78 is 0. The third-order valence-corrected chi connectivity index (χ3v) is 4.90. The van der Waals surface area contributed by atoms with Crippen molar-refractivity contribution < 1.29 is 15.0 Å². The van der Waals surface area contributed by atoms with Gasteiger partial charge in [-0.15, -0.1) is 0 Å². The lowest BCUT2D eigenvalue weighted by Gasteiger charge is -2.18. The fourth-order valence-electron chi connectivity index (χ4n) is 3.38. The summed E-state index contributed by atoms with van der Waals surface area (Å²) in [5.74, 6) is -0.986. The number of carboxylic acid groups (broad SMARTS) is 1. The summed E-state index contributed by atoms with van der Waals surface area (Å²) in [4.78, 5) is 10.9. The van der Waals surface area contributed by atoms with Gasteiger partial charge in [-0.1, -0.05) is 60.7 Å². The van der Waals surface area contributed by atoms with E-state index in [-0.39, 0.29) is 12.6 Å². The Kier molecular flexibility index (Phi) is 6.95. The zero-order valence-corrected chi connectivity index (χ0v) is 16.2. The predicted octanol–water partition coefficient (Wildman–Crippen LogP) is 4.58. The first-order valence-corrected chi connectivity index (χ1v) is 9.61. The first kappa shape index (κ1) is 20.5. The summed E-state index contributed by atoms with van der Waals surface area (Å²) in [5, 5.41) is 18.4. The average molecular weight is 387 g/mol. The van der Waals surface area contributed by atoms with E-state index in [0.29, 0.717) is 0 Å². The second kappa shape index (κ2) is 9.82. The summed E-state index contributed by atoms with van der Waals surface area (Å²) in [6.45, 7) is -0.0251. The Balaban J connectivity index is 1.95. The number of rotatable bonds is 8. The van der Waals surface area contributed by atoms with Gasteiger partial charge in [-0.25, -0.2) is 4.79 Å². The molecular weight excluding hydrogens is 362 g/mol. The van der Waals surface area contributed by atoms with Gasteiger partial charge < -0.3 is 15.9 Å². The van der Waals surface area contributed by atoms with Gasteiger partial charge in [0.05, 0.1) is 6.61 Å². The highest BCUT2D eigenvalue weighted by atomic mass is 16.4. The zero-order valence-electron chi connectivity index (χ0n) is 16.2. The van der Waals surface area contributed by atoms with Crippen molar-refractivity contribution in [3.8, 4) is 11.1 Å². The van der Waals surface area contributed by atoms with Crippen molar-refractivity contribution in [3.05, 3.63) is 101 Å². The minimum absolute atomic E-state index is 0.0251. The normalized spacial score (nSPS) is 12.2. The molecule has 1 unspecified atom stereocenters. The van der Waals surface area contributed by atoms with Crippen molar-refractivity contribution in [2.24, 2.45) is 5.73 Å². The van der Waals surface area contributed by atoms with Gasteiger partial charge in [0.15, 0.2) is 0 Å². The third kappa shape index (κ3) is 5.64. The minimum Gasteiger partial charge on any atom is -0.478 e. The van der Waals surface area contributed by atoms with Crippen molar-refractivity contribution in [3.63, 3.8) is 0 Å². The van der Waals surface area contributed by atoms with E-state index in [9.17, 15) is 9.90 Å². The van der Waals surface area contributed by atoms with E-state index in [1.54, 1.807) is 6.08 Å². The van der Waals surface area contributed by atoms with Crippen LogP contribution in [0.4, 0.5) is 0 Å². The Bertz CT molecular complexity index is 996. The molecule has 0 fully saturated rings. The Hall–Kier alpha value is -3.21. The maximum absolute atomic E-state index is 10.9. The van der Waals surface area contributed by atoms with Crippen LogP contribution in [0.3, 0.4) is 0 Å². The molecule has 4 nitrogen and oxygen atoms in total. The molecule has 148 valence electrons. The fraction of sp³-hybridized carbons (Fsp3) is 0.160. The molecule has 4 heteroatoms. The zero-order chi connectivity index (χ0) is 20.6. The standard InChI is InChI=1S/C25H25NO3/c26-24(13-10-18-5-2-1-3-6-18)23-16-19(11-14-25(28)29)9-12-22(23)21-8-4-7-20(15-21)17-27/h1-9,11-12,14-16,24,27H,10,13,17,26H2,(H,28,29)/b14-11+. The van der Waals surface area contributed by atoms with Gasteiger partial charge in [0.1, 0.15) is 0 Å². The summed E-state index contributed by atoms with van der Waals surface area (Å²) in [6.07, 6.45) is 4.32. The monoisotopic (exact) mass is 387 g/mol. The number of aryl methyl sites for hydroxylation is 1. The highest BCUT2D eigenvalue weighted by Crippen LogP contribution is 2.31. The molecule has 3 aromatic carbocycles. The van der Waals surface area contributed by atoms with Gasteiger partial charge in [0.25, 0.3) is 0 Å². The SMILES string of the molecule is NC(CCc1ccccc1)c1cc(/C=C/C(=O)O)ccc1-c1cccc(CO)c1. The lowest BCUT2D eigenvalue weighted by molar-refractivity contribution is -0.131. The average Bonchev–Trinajstić information content (AvgIpc) is 2.76. The Labute approximate surface area is 171 Å². The van der Waals surface area contributed by atoms with Crippen LogP contribution in [0.2, 0.25) is 0 Å². The van der Waals surface area contributed by atoms with Crippen molar-refractivity contribution in [1.29, 1.82) is 0 Å². The largest absolute Gasteiger partial charge is 0.478 e. The van der Waals surface area contributed by atoms with E-state index in [1.165, 1.54) is 5.56 Å². The molecule has 3 aromatic rings. The van der Waals surface area contributed by atoms with Crippen LogP contribution < -0.4 is 5.73 Å². The number of hydrogen-bond acceptors (Lipinski definition) is 3. The predicted molar refractivity (Wildman–Crippen MR) is 116 cm³/mol. The van der Waals surface area contributed by atoms with Crippen LogP contribution in [0.25, 0.3) is 17.2 Å². The number of hydrogen-bond donors (Lipinski definition) is 3. The molecule has 0 aliphatic rings. The molecule has 0 aromatic heterocycles. The molecule has 1 atom stereocenters. The summed E-state index contributed by atoms with van der Waals surface area (Å²) in [5.41, 5.74) is 12.4. The first-order chi connectivity index (χ1) is 14.1. The van der Waals surface area contributed by atoms with E-state index < -0.39 is 5.97 Å². The molecule has 0 radical (unpaired) electrons. The third-order valence-electron chi connectivity index (χ3n) is 4.90. The summed E-state index contributed by atoms with van der Waals surface area (Å²) in [7, 11) is 0. The van der Waals surface area contributed by atoms with Crippen LogP contribution in [-0.4, -0.2) is 16.2 Å². The van der Waals surface area contributed by atoms with Gasteiger partial charge in [0, 0.05) is 12.1 Å². The number of aliphatic hydroxyl groups is 1. The number of carboxylic acids is 1. The number of aliphatic hydroxyl groups excluding tert-OH is 1. The smallest absolute Gasteiger partial charge is 0.328 e. The first-order valence-electron chi connectivity index (χ1n) is 9.61. The molecule has 0 heterocycles. The maximum Gasteiger partial charge on any atom is 0.328 e. The van der Waals surface area contributed by atoms with E-state index >= 15 is 0 Å². The van der Waals surface area contributed by atoms with Gasteiger partial charge in [-0.05, 0) is 64.4 Å². The Morgan fingerprint density at radius 3 is 2.45 bits per heavy atom. The van der Waals surface area contributed by atoms with Gasteiger partial charge in [0.2, 0.25) is 0 Å². The number of carbonyl (C=O) groups is 1. The Morgan fingerprint density at radius 2 is 1.72 bits per heavy atom. The molecule has 0 amide bonds. The maximum atomic E-state index is 10.9. The van der Waals surface area contributed by atoms with E-state index in [0.717, 1.165) is 46.7 Å². The van der Waals surface area contributed by atoms with Crippen molar-refractivity contribution in [2.75, 3.05) is 0 Å². The molecule has 3 rings (SSSR count). The van der Waals surface area contributed by atoms with Crippen molar-refractivity contribution in [2.45, 2.75) is 25.5 Å². The molecular formula is C25H25NO3. The molecule has 0 saturated carbocycles. The van der Waals surface area contributed by atoms with Crippen LogP contribution >= 0.6 is 0 Å². The number of aliphatic carboxylic acids is 1. The summed E-state index contributed by atoms with van der Waals surface area (Å²) >= 11 is 0. The quantitative estimate of drug-likeness (QED) is 0.494. The van der Waals surface area contributed by atoms with Crippen LogP contribution in [0, 0.1) is 0 Å². The number of nitrogens with two attached hydrogens (primary N) is 1. The van der Waals surface area contributed by atoms with Crippen molar-refractivity contribution >= 4 is 12.0 Å². The highest BCUT2D eigenvalue weighted by Gasteiger charge is 2.14. The van der Waals surface area contributed by atoms with E-state index in [4.69, 9.17) is 10.8 Å². The van der Waals surface area contributed by atoms with E-state index in [2.05, 4.69) is 12.1 Å². The second-order valence-electron chi connectivity index (χ2n) is 7.01. The molecule has 0 saturated heterocycles. The lowest BCUT2D eigenvalue weighted by atomic mass is 9.90. The minimum atomic E-state index is -0.986. The molecule has 0 spiro atoms. The van der Waals surface area contributed by atoms with Crippen LogP contribution in [0.1, 0.15) is 34.7 Å². The number of benzene rings is 3. The highest BCUT2D eigenvalue weighted by molar-refractivity contribution is 5.85. The molecule has 29 heavy (non-hydrogen) atoms. The van der Waals surface area contributed by atoms with E-state index in [1.807, 2.05) is 60.7 Å². The summed E-state index contributed by atoms with van der Waals surface area (Å²) in [6, 6.07) is 23.5. The molecule has 4 N–H and O–H groups in total. The topological polar surface area (TPSA) is 83.6 Å². The van der Waals surface area contributed by atoms with Gasteiger partial charge >= 0.3 is 5.97 Å². The second-order valence-corrected chi connectivity index (χ2v) is 7.01. The molecule has 0 bridgehead atoms. The van der Waals surface area contributed by atoms with Gasteiger partial charge in [-0.2, -0.15) is 0 Å². The molecule has 0 aliphatic carbocycles. The fourth-order valence-corrected chi connectivity index (χ4v) is 3.38. The van der Waals surface area contributed by atoms with Crippen LogP contribution in [0.5, 0.6) is 0 Å². The van der Waals surface area contributed by atoms with Crippen LogP contribution in [-0.2, 0) is 17.8 Å². The van der Waals surface area contributed by atoms with Crippen molar-refractivity contribution in [1.82, 2.24) is 0 Å². The van der Waals surface area contributed by atoms with Gasteiger partial charge in [-0.3, -0.25) is 0 Å².